The maximum Gasteiger partial charge on any atom is 0.196 e. The second-order valence-electron chi connectivity index (χ2n) is 4.33. The summed E-state index contributed by atoms with van der Waals surface area (Å²) in [6, 6.07) is 13.4. The number of fused-ring (bicyclic) bond motifs is 1. The lowest BCUT2D eigenvalue weighted by molar-refractivity contribution is 0.103. The summed E-state index contributed by atoms with van der Waals surface area (Å²) >= 11 is 1.97. The number of hydrogen-bond acceptors (Lipinski definition) is 2. The molecule has 2 nitrogen and oxygen atoms in total. The van der Waals surface area contributed by atoms with Gasteiger partial charge in [0, 0.05) is 26.3 Å². The van der Waals surface area contributed by atoms with Crippen LogP contribution in [0.2, 0.25) is 0 Å². The van der Waals surface area contributed by atoms with Crippen molar-refractivity contribution in [1.82, 2.24) is 4.98 Å². The van der Waals surface area contributed by atoms with Crippen LogP contribution in [0.15, 0.2) is 54.7 Å². The van der Waals surface area contributed by atoms with Gasteiger partial charge in [0.2, 0.25) is 0 Å². The van der Waals surface area contributed by atoms with Crippen molar-refractivity contribution >= 4 is 39.3 Å². The van der Waals surface area contributed by atoms with Crippen molar-refractivity contribution in [2.75, 3.05) is 0 Å². The largest absolute Gasteiger partial charge is 0.288 e. The molecule has 3 rings (SSSR count). The minimum atomic E-state index is -0.345. The van der Waals surface area contributed by atoms with Crippen molar-refractivity contribution in [2.45, 2.75) is 0 Å². The number of nitrogens with zero attached hydrogens (tertiary/aromatic N) is 1. The van der Waals surface area contributed by atoms with E-state index in [2.05, 4.69) is 4.98 Å². The van der Waals surface area contributed by atoms with Crippen LogP contribution in [0.5, 0.6) is 0 Å². The van der Waals surface area contributed by atoms with E-state index in [1.165, 1.54) is 18.2 Å². The lowest BCUT2D eigenvalue weighted by atomic mass is 10.0. The van der Waals surface area contributed by atoms with Crippen molar-refractivity contribution in [3.8, 4) is 0 Å². The molecule has 20 heavy (non-hydrogen) atoms. The second kappa shape index (κ2) is 5.28. The monoisotopic (exact) mass is 377 g/mol. The predicted octanol–water partition coefficient (Wildman–Crippen LogP) is 4.21. The molecule has 0 saturated heterocycles. The molecule has 0 atom stereocenters. The molecule has 4 heteroatoms. The van der Waals surface area contributed by atoms with Crippen LogP contribution in [-0.2, 0) is 0 Å². The smallest absolute Gasteiger partial charge is 0.196 e. The molecule has 1 aromatic heterocycles. The van der Waals surface area contributed by atoms with Gasteiger partial charge in [0.15, 0.2) is 5.78 Å². The number of benzene rings is 2. The zero-order valence-electron chi connectivity index (χ0n) is 10.3. The van der Waals surface area contributed by atoms with Gasteiger partial charge in [-0.3, -0.25) is 9.78 Å². The molecule has 0 fully saturated rings. The first-order valence-corrected chi connectivity index (χ1v) is 7.08. The Labute approximate surface area is 128 Å². The molecule has 0 unspecified atom stereocenters. The molecular formula is C16H9FINO. The van der Waals surface area contributed by atoms with E-state index in [0.29, 0.717) is 20.2 Å². The third-order valence-electron chi connectivity index (χ3n) is 3.05. The maximum atomic E-state index is 13.1. The van der Waals surface area contributed by atoms with Crippen molar-refractivity contribution in [1.29, 1.82) is 0 Å². The average Bonchev–Trinajstić information content (AvgIpc) is 2.46. The van der Waals surface area contributed by atoms with Crippen molar-refractivity contribution in [3.05, 3.63) is 75.2 Å². The normalized spacial score (nSPS) is 10.7. The third-order valence-corrected chi connectivity index (χ3v) is 3.95. The lowest BCUT2D eigenvalue weighted by Gasteiger charge is -2.06. The van der Waals surface area contributed by atoms with E-state index in [1.54, 1.807) is 12.3 Å². The number of rotatable bonds is 2. The molecule has 1 heterocycles. The average molecular weight is 377 g/mol. The van der Waals surface area contributed by atoms with Gasteiger partial charge in [0.1, 0.15) is 5.82 Å². The predicted molar refractivity (Wildman–Crippen MR) is 84.3 cm³/mol. The Morgan fingerprint density at radius 3 is 2.65 bits per heavy atom. The molecule has 0 spiro atoms. The van der Waals surface area contributed by atoms with E-state index < -0.39 is 0 Å². The van der Waals surface area contributed by atoms with Crippen molar-refractivity contribution in [2.24, 2.45) is 0 Å². The molecule has 0 radical (unpaired) electrons. The molecule has 0 amide bonds. The summed E-state index contributed by atoms with van der Waals surface area (Å²) < 4.78 is 13.7. The first-order chi connectivity index (χ1) is 9.66. The molecule has 0 saturated carbocycles. The highest BCUT2D eigenvalue weighted by Gasteiger charge is 2.16. The number of carbonyl (C=O) groups is 1. The van der Waals surface area contributed by atoms with E-state index in [-0.39, 0.29) is 11.6 Å². The van der Waals surface area contributed by atoms with Crippen LogP contribution < -0.4 is 0 Å². The quantitative estimate of drug-likeness (QED) is 0.495. The Balaban J connectivity index is 2.18. The van der Waals surface area contributed by atoms with Crippen LogP contribution in [0, 0.1) is 9.39 Å². The molecule has 2 aromatic carbocycles. The van der Waals surface area contributed by atoms with Crippen LogP contribution in [0.1, 0.15) is 15.9 Å². The first kappa shape index (κ1) is 13.2. The fourth-order valence-electron chi connectivity index (χ4n) is 2.11. The van der Waals surface area contributed by atoms with Gasteiger partial charge in [0.05, 0.1) is 5.52 Å². The van der Waals surface area contributed by atoms with Gasteiger partial charge in [-0.1, -0.05) is 18.2 Å². The highest BCUT2D eigenvalue weighted by Crippen LogP contribution is 2.22. The molecule has 0 bridgehead atoms. The van der Waals surface area contributed by atoms with Crippen molar-refractivity contribution < 1.29 is 9.18 Å². The maximum absolute atomic E-state index is 13.1. The summed E-state index contributed by atoms with van der Waals surface area (Å²) in [4.78, 5) is 16.9. The Hall–Kier alpha value is -1.82. The molecule has 98 valence electrons. The van der Waals surface area contributed by atoms with Crippen molar-refractivity contribution in [3.63, 3.8) is 0 Å². The zero-order valence-corrected chi connectivity index (χ0v) is 12.5. The molecule has 0 N–H and O–H groups in total. The number of carbonyl (C=O) groups excluding carboxylic acids is 1. The van der Waals surface area contributed by atoms with Gasteiger partial charge in [0.25, 0.3) is 0 Å². The summed E-state index contributed by atoms with van der Waals surface area (Å²) in [6.07, 6.45) is 1.66. The summed E-state index contributed by atoms with van der Waals surface area (Å²) in [5.41, 5.74) is 1.69. The fourth-order valence-corrected chi connectivity index (χ4v) is 2.83. The van der Waals surface area contributed by atoms with Crippen LogP contribution in [0.3, 0.4) is 0 Å². The van der Waals surface area contributed by atoms with Gasteiger partial charge in [-0.25, -0.2) is 4.39 Å². The van der Waals surface area contributed by atoms with Crippen LogP contribution in [0.4, 0.5) is 4.39 Å². The Morgan fingerprint density at radius 1 is 1.05 bits per heavy atom. The van der Waals surface area contributed by atoms with Gasteiger partial charge >= 0.3 is 0 Å². The number of halogens is 2. The highest BCUT2D eigenvalue weighted by atomic mass is 127. The molecule has 3 aromatic rings. The van der Waals surface area contributed by atoms with E-state index in [1.807, 2.05) is 46.9 Å². The highest BCUT2D eigenvalue weighted by molar-refractivity contribution is 14.1. The second-order valence-corrected chi connectivity index (χ2v) is 5.50. The Kier molecular flexibility index (Phi) is 3.48. The molecule has 0 aliphatic carbocycles. The van der Waals surface area contributed by atoms with E-state index >= 15 is 0 Å². The van der Waals surface area contributed by atoms with Crippen LogP contribution in [0.25, 0.3) is 10.9 Å². The van der Waals surface area contributed by atoms with E-state index in [0.717, 1.165) is 5.39 Å². The molecule has 0 aliphatic rings. The summed E-state index contributed by atoms with van der Waals surface area (Å²) in [6.45, 7) is 0. The third kappa shape index (κ3) is 2.31. The standard InChI is InChI=1S/C16H9FINO/c17-11-6-7-12(14(18)9-11)16(20)13-5-1-3-10-4-2-8-19-15(10)13/h1-9H. The first-order valence-electron chi connectivity index (χ1n) is 6.00. The summed E-state index contributed by atoms with van der Waals surface area (Å²) in [5.74, 6) is -0.485. The zero-order chi connectivity index (χ0) is 14.1. The molecular weight excluding hydrogens is 368 g/mol. The minimum absolute atomic E-state index is 0.140. The lowest BCUT2D eigenvalue weighted by Crippen LogP contribution is -2.05. The van der Waals surface area contributed by atoms with Crippen LogP contribution >= 0.6 is 22.6 Å². The number of ketones is 1. The van der Waals surface area contributed by atoms with Gasteiger partial charge < -0.3 is 0 Å². The Bertz CT molecular complexity index is 811. The van der Waals surface area contributed by atoms with Gasteiger partial charge in [-0.2, -0.15) is 0 Å². The van der Waals surface area contributed by atoms with E-state index in [9.17, 15) is 9.18 Å². The minimum Gasteiger partial charge on any atom is -0.288 e. The van der Waals surface area contributed by atoms with Gasteiger partial charge in [-0.15, -0.1) is 0 Å². The summed E-state index contributed by atoms with van der Waals surface area (Å²) in [5, 5.41) is 0.912. The van der Waals surface area contributed by atoms with Gasteiger partial charge in [-0.05, 0) is 52.9 Å². The summed E-state index contributed by atoms with van der Waals surface area (Å²) in [7, 11) is 0. The topological polar surface area (TPSA) is 30.0 Å². The SMILES string of the molecule is O=C(c1ccc(F)cc1I)c1cccc2cccnc12. The van der Waals surface area contributed by atoms with Crippen LogP contribution in [-0.4, -0.2) is 10.8 Å². The Morgan fingerprint density at radius 2 is 1.85 bits per heavy atom. The number of pyridine rings is 1. The number of hydrogen-bond donors (Lipinski definition) is 0. The fraction of sp³-hybridized carbons (Fsp3) is 0. The number of para-hydroxylation sites is 1. The molecule has 0 aliphatic heterocycles. The van der Waals surface area contributed by atoms with E-state index in [4.69, 9.17) is 0 Å². The number of aromatic nitrogens is 1.